The number of nitrogens with zero attached hydrogens (tertiary/aromatic N) is 2. The lowest BCUT2D eigenvalue weighted by atomic mass is 10.0. The number of hydrogen-bond acceptors (Lipinski definition) is 5. The lowest BCUT2D eigenvalue weighted by molar-refractivity contribution is -0.138. The predicted molar refractivity (Wildman–Crippen MR) is 76.9 cm³/mol. The molecule has 118 valence electrons. The Balaban J connectivity index is 3.57. The Bertz CT molecular complexity index is 651. The van der Waals surface area contributed by atoms with Crippen molar-refractivity contribution in [1.82, 2.24) is 5.32 Å². The highest BCUT2D eigenvalue weighted by Gasteiger charge is 2.34. The number of benzene rings is 1. The second-order valence-corrected chi connectivity index (χ2v) is 4.83. The second kappa shape index (κ2) is 7.17. The number of rotatable bonds is 2. The smallest absolute Gasteiger partial charge is 0.416 e. The molecule has 0 saturated heterocycles. The first-order valence-corrected chi connectivity index (χ1v) is 7.05. The summed E-state index contributed by atoms with van der Waals surface area (Å²) in [6.07, 6.45) is -1.38. The number of nitriles is 1. The number of alkyl halides is 3. The van der Waals surface area contributed by atoms with Crippen molar-refractivity contribution in [2.75, 3.05) is 13.4 Å². The SMILES string of the molecule is COC(=O)c1cc(C)c(C(F)(F)F)cc1N=C(NC#N)SC. The second-order valence-electron chi connectivity index (χ2n) is 4.03. The number of carbonyl (C=O) groups is 1. The van der Waals surface area contributed by atoms with Crippen molar-refractivity contribution >= 4 is 28.6 Å². The summed E-state index contributed by atoms with van der Waals surface area (Å²) in [6.45, 7) is 1.24. The minimum atomic E-state index is -4.58. The van der Waals surface area contributed by atoms with Gasteiger partial charge in [0.2, 0.25) is 0 Å². The molecule has 0 aromatic heterocycles. The minimum Gasteiger partial charge on any atom is -0.465 e. The molecule has 0 atom stereocenters. The quantitative estimate of drug-likeness (QED) is 0.296. The molecular weight excluding hydrogens is 319 g/mol. The number of aryl methyl sites for hydroxylation is 1. The first-order chi connectivity index (χ1) is 10.2. The predicted octanol–water partition coefficient (Wildman–Crippen LogP) is 3.22. The molecule has 1 N–H and O–H groups in total. The van der Waals surface area contributed by atoms with Gasteiger partial charge in [-0.2, -0.15) is 18.4 Å². The highest BCUT2D eigenvalue weighted by Crippen LogP contribution is 2.36. The van der Waals surface area contributed by atoms with Crippen LogP contribution in [0, 0.1) is 18.4 Å². The first-order valence-electron chi connectivity index (χ1n) is 5.82. The normalized spacial score (nSPS) is 11.8. The maximum absolute atomic E-state index is 13.0. The van der Waals surface area contributed by atoms with E-state index in [9.17, 15) is 18.0 Å². The average molecular weight is 331 g/mol. The van der Waals surface area contributed by atoms with Crippen molar-refractivity contribution in [3.63, 3.8) is 0 Å². The van der Waals surface area contributed by atoms with Crippen LogP contribution in [0.1, 0.15) is 21.5 Å². The molecule has 0 radical (unpaired) electrons. The zero-order chi connectivity index (χ0) is 16.9. The molecule has 0 fully saturated rings. The van der Waals surface area contributed by atoms with Crippen LogP contribution in [-0.2, 0) is 10.9 Å². The van der Waals surface area contributed by atoms with Crippen LogP contribution in [0.5, 0.6) is 0 Å². The zero-order valence-corrected chi connectivity index (χ0v) is 12.7. The molecular formula is C13H12F3N3O2S. The maximum atomic E-state index is 13.0. The van der Waals surface area contributed by atoms with Gasteiger partial charge in [-0.15, -0.1) is 0 Å². The van der Waals surface area contributed by atoms with E-state index in [0.29, 0.717) is 0 Å². The highest BCUT2D eigenvalue weighted by atomic mass is 32.2. The van der Waals surface area contributed by atoms with Gasteiger partial charge in [-0.3, -0.25) is 5.32 Å². The number of methoxy groups -OCH3 is 1. The van der Waals surface area contributed by atoms with E-state index in [0.717, 1.165) is 31.0 Å². The van der Waals surface area contributed by atoms with Crippen LogP contribution in [0.25, 0.3) is 0 Å². The number of hydrogen-bond donors (Lipinski definition) is 1. The van der Waals surface area contributed by atoms with Crippen LogP contribution in [0.15, 0.2) is 17.1 Å². The molecule has 0 unspecified atom stereocenters. The number of halogens is 3. The largest absolute Gasteiger partial charge is 0.465 e. The van der Waals surface area contributed by atoms with Gasteiger partial charge >= 0.3 is 12.1 Å². The van der Waals surface area contributed by atoms with E-state index in [-0.39, 0.29) is 22.0 Å². The fourth-order valence-electron chi connectivity index (χ4n) is 1.65. The number of ether oxygens (including phenoxy) is 1. The molecule has 1 aromatic carbocycles. The van der Waals surface area contributed by atoms with Crippen LogP contribution in [0.3, 0.4) is 0 Å². The highest BCUT2D eigenvalue weighted by molar-refractivity contribution is 8.13. The Morgan fingerprint density at radius 2 is 2.09 bits per heavy atom. The van der Waals surface area contributed by atoms with Crippen molar-refractivity contribution in [2.24, 2.45) is 4.99 Å². The number of thioether (sulfide) groups is 1. The summed E-state index contributed by atoms with van der Waals surface area (Å²) in [5.41, 5.74) is -1.36. The Morgan fingerprint density at radius 1 is 1.45 bits per heavy atom. The van der Waals surface area contributed by atoms with Crippen molar-refractivity contribution < 1.29 is 22.7 Å². The molecule has 0 spiro atoms. The topological polar surface area (TPSA) is 74.5 Å². The summed E-state index contributed by atoms with van der Waals surface area (Å²) in [6, 6.07) is 1.83. The third-order valence-electron chi connectivity index (χ3n) is 2.63. The number of nitrogens with one attached hydrogen (secondary N) is 1. The van der Waals surface area contributed by atoms with Crippen molar-refractivity contribution in [3.05, 3.63) is 28.8 Å². The molecule has 1 rings (SSSR count). The van der Waals surface area contributed by atoms with Crippen molar-refractivity contribution in [1.29, 1.82) is 5.26 Å². The van der Waals surface area contributed by atoms with Gasteiger partial charge in [-0.05, 0) is 30.9 Å². The third kappa shape index (κ3) is 4.14. The van der Waals surface area contributed by atoms with Crippen molar-refractivity contribution in [2.45, 2.75) is 13.1 Å². The molecule has 0 saturated carbocycles. The summed E-state index contributed by atoms with van der Waals surface area (Å²) < 4.78 is 43.5. The number of aliphatic imine (C=N–C) groups is 1. The summed E-state index contributed by atoms with van der Waals surface area (Å²) in [5, 5.41) is 10.9. The van der Waals surface area contributed by atoms with Crippen LogP contribution >= 0.6 is 11.8 Å². The number of esters is 1. The van der Waals surface area contributed by atoms with Gasteiger partial charge in [-0.1, -0.05) is 11.8 Å². The Hall–Kier alpha value is -2.21. The van der Waals surface area contributed by atoms with Crippen LogP contribution in [0.2, 0.25) is 0 Å². The molecule has 0 amide bonds. The molecule has 22 heavy (non-hydrogen) atoms. The molecule has 1 aromatic rings. The zero-order valence-electron chi connectivity index (χ0n) is 11.9. The van der Waals surface area contributed by atoms with Crippen LogP contribution < -0.4 is 5.32 Å². The number of carbonyl (C=O) groups excluding carboxylic acids is 1. The van der Waals surface area contributed by atoms with Crippen molar-refractivity contribution in [3.8, 4) is 6.19 Å². The Kier molecular flexibility index (Phi) is 5.82. The fraction of sp³-hybridized carbons (Fsp3) is 0.308. The van der Waals surface area contributed by atoms with Gasteiger partial charge < -0.3 is 4.74 Å². The van der Waals surface area contributed by atoms with Gasteiger partial charge in [0.15, 0.2) is 11.4 Å². The molecule has 0 aliphatic carbocycles. The standard InChI is InChI=1S/C13H12F3N3O2S/c1-7-4-8(11(20)21-2)10(5-9(7)13(14,15)16)19-12(22-3)18-6-17/h4-5H,1-3H3,(H,18,19). The lowest BCUT2D eigenvalue weighted by Gasteiger charge is -2.14. The molecule has 0 heterocycles. The summed E-state index contributed by atoms with van der Waals surface area (Å²) >= 11 is 1.02. The van der Waals surface area contributed by atoms with E-state index in [1.165, 1.54) is 6.92 Å². The van der Waals surface area contributed by atoms with Gasteiger partial charge in [0.25, 0.3) is 0 Å². The average Bonchev–Trinajstić information content (AvgIpc) is 2.45. The van der Waals surface area contributed by atoms with Gasteiger partial charge in [0.1, 0.15) is 0 Å². The van der Waals surface area contributed by atoms with E-state index >= 15 is 0 Å². The summed E-state index contributed by atoms with van der Waals surface area (Å²) in [5.74, 6) is -0.812. The summed E-state index contributed by atoms with van der Waals surface area (Å²) in [7, 11) is 1.12. The molecule has 0 bridgehead atoms. The number of amidine groups is 1. The third-order valence-corrected chi connectivity index (χ3v) is 3.21. The lowest BCUT2D eigenvalue weighted by Crippen LogP contribution is -2.14. The molecule has 0 aliphatic rings. The van der Waals surface area contributed by atoms with Crippen LogP contribution in [-0.4, -0.2) is 24.5 Å². The molecule has 5 nitrogen and oxygen atoms in total. The molecule has 9 heteroatoms. The Labute approximate surface area is 129 Å². The molecule has 0 aliphatic heterocycles. The fourth-order valence-corrected chi connectivity index (χ4v) is 1.99. The van der Waals surface area contributed by atoms with Crippen LogP contribution in [0.4, 0.5) is 18.9 Å². The Morgan fingerprint density at radius 3 is 2.55 bits per heavy atom. The monoisotopic (exact) mass is 331 g/mol. The first kappa shape index (κ1) is 17.8. The minimum absolute atomic E-state index is 0.0598. The summed E-state index contributed by atoms with van der Waals surface area (Å²) in [4.78, 5) is 15.6. The van der Waals surface area contributed by atoms with Gasteiger partial charge in [0, 0.05) is 0 Å². The van der Waals surface area contributed by atoms with Gasteiger partial charge in [-0.25, -0.2) is 9.79 Å². The van der Waals surface area contributed by atoms with Gasteiger partial charge in [0.05, 0.1) is 23.9 Å². The van der Waals surface area contributed by atoms with E-state index in [1.807, 2.05) is 0 Å². The van der Waals surface area contributed by atoms with E-state index < -0.39 is 17.7 Å². The van der Waals surface area contributed by atoms with E-state index in [4.69, 9.17) is 5.26 Å². The van der Waals surface area contributed by atoms with E-state index in [1.54, 1.807) is 12.4 Å². The van der Waals surface area contributed by atoms with E-state index in [2.05, 4.69) is 15.0 Å². The maximum Gasteiger partial charge on any atom is 0.416 e.